The molecule has 13 nitrogen and oxygen atoms in total. The van der Waals surface area contributed by atoms with Gasteiger partial charge in [-0.1, -0.05) is 23.4 Å². The Morgan fingerprint density at radius 2 is 1.76 bits per heavy atom. The maximum absolute atomic E-state index is 13.4. The summed E-state index contributed by atoms with van der Waals surface area (Å²) in [6, 6.07) is 13.8. The number of piperidine rings is 1. The number of aromatic nitrogens is 3. The highest BCUT2D eigenvalue weighted by Crippen LogP contribution is 2.27. The number of allylic oxidation sites excluding steroid dienone is 1. The topological polar surface area (TPSA) is 183 Å². The van der Waals surface area contributed by atoms with E-state index in [-0.39, 0.29) is 31.1 Å². The van der Waals surface area contributed by atoms with Crippen molar-refractivity contribution in [2.45, 2.75) is 102 Å². The molecule has 2 aromatic carbocycles. The summed E-state index contributed by atoms with van der Waals surface area (Å²) in [4.78, 5) is 2.03. The van der Waals surface area contributed by atoms with Gasteiger partial charge in [0, 0.05) is 57.1 Å². The molecular weight excluding hydrogens is 660 g/mol. The normalized spacial score (nSPS) is 16.7. The zero-order chi connectivity index (χ0) is 36.5. The number of hydrogen-bond donors (Lipinski definition) is 4. The number of aliphatic hydroxyl groups excluding tert-OH is 3. The van der Waals surface area contributed by atoms with E-state index in [0.717, 1.165) is 23.9 Å². The molecule has 50 heavy (non-hydrogen) atoms. The lowest BCUT2D eigenvalue weighted by atomic mass is 10.0. The maximum Gasteiger partial charge on any atom is 0.251 e. The van der Waals surface area contributed by atoms with Crippen LogP contribution in [-0.4, -0.2) is 102 Å². The molecule has 0 amide bonds. The minimum absolute atomic E-state index is 0.0384. The van der Waals surface area contributed by atoms with E-state index in [1.807, 2.05) is 44.2 Å². The van der Waals surface area contributed by atoms with Crippen molar-refractivity contribution in [2.75, 3.05) is 38.3 Å². The monoisotopic (exact) mass is 712 g/mol. The minimum Gasteiger partial charge on any atom is -0.391 e. The second kappa shape index (κ2) is 17.2. The van der Waals surface area contributed by atoms with E-state index in [1.54, 1.807) is 20.0 Å². The first-order chi connectivity index (χ1) is 23.6. The Morgan fingerprint density at radius 3 is 2.46 bits per heavy atom. The molecule has 274 valence electrons. The van der Waals surface area contributed by atoms with Gasteiger partial charge in [0.2, 0.25) is 0 Å². The van der Waals surface area contributed by atoms with Gasteiger partial charge in [0.25, 0.3) is 10.0 Å². The third kappa shape index (κ3) is 11.6. The van der Waals surface area contributed by atoms with Crippen molar-refractivity contribution in [2.24, 2.45) is 0 Å². The Morgan fingerprint density at radius 1 is 1.06 bits per heavy atom. The summed E-state index contributed by atoms with van der Waals surface area (Å²) >= 11 is 0. The average Bonchev–Trinajstić information content (AvgIpc) is 3.48. The summed E-state index contributed by atoms with van der Waals surface area (Å²) in [5.74, 6) is 0. The predicted octanol–water partition coefficient (Wildman–Crippen LogP) is 3.53. The van der Waals surface area contributed by atoms with Crippen LogP contribution < -0.4 is 9.62 Å². The van der Waals surface area contributed by atoms with Crippen LogP contribution in [0.1, 0.15) is 71.1 Å². The van der Waals surface area contributed by atoms with Crippen LogP contribution in [0.3, 0.4) is 0 Å². The Kier molecular flexibility index (Phi) is 13.5. The van der Waals surface area contributed by atoms with E-state index in [0.29, 0.717) is 24.1 Å². The highest BCUT2D eigenvalue weighted by atomic mass is 32.2. The van der Waals surface area contributed by atoms with Gasteiger partial charge in [0.1, 0.15) is 12.2 Å². The lowest BCUT2D eigenvalue weighted by molar-refractivity contribution is -0.0473. The van der Waals surface area contributed by atoms with Crippen molar-refractivity contribution in [1.29, 1.82) is 5.26 Å². The van der Waals surface area contributed by atoms with E-state index >= 15 is 0 Å². The SMILES string of the molecule is COCC(O)C(O)CC(O)Cn1cc(CC(C)(C)OCCC(C)(C)NS(=O)(=O)C(C#N)=Cc2ccc3cc(N4CCCCC4)ccc3c2)nn1. The fourth-order valence-corrected chi connectivity index (χ4v) is 7.42. The van der Waals surface area contributed by atoms with Crippen LogP contribution in [0.15, 0.2) is 47.5 Å². The van der Waals surface area contributed by atoms with Crippen LogP contribution in [0.25, 0.3) is 16.8 Å². The Hall–Kier alpha value is -3.42. The highest BCUT2D eigenvalue weighted by molar-refractivity contribution is 7.93. The van der Waals surface area contributed by atoms with E-state index < -0.39 is 39.5 Å². The number of rotatable bonds is 18. The van der Waals surface area contributed by atoms with Crippen LogP contribution >= 0.6 is 0 Å². The zero-order valence-corrected chi connectivity index (χ0v) is 30.6. The number of benzene rings is 2. The molecule has 1 fully saturated rings. The van der Waals surface area contributed by atoms with Crippen LogP contribution in [0.4, 0.5) is 5.69 Å². The van der Waals surface area contributed by atoms with Gasteiger partial charge >= 0.3 is 0 Å². The van der Waals surface area contributed by atoms with E-state index in [1.165, 1.54) is 42.8 Å². The summed E-state index contributed by atoms with van der Waals surface area (Å²) < 4.78 is 41.8. The molecule has 3 atom stereocenters. The molecule has 1 aromatic heterocycles. The minimum atomic E-state index is -4.13. The molecular formula is C36H52N6O7S. The second-order valence-corrected chi connectivity index (χ2v) is 16.0. The standard InChI is InChI=1S/C36H52N6O7S/c1-35(2,13-16-49-36(3,4)21-29-23-42(40-38-29)24-31(43)20-33(44)34(45)25-48-5)39-50(46,47)32(22-37)18-26-9-10-28-19-30(12-11-27(28)17-26)41-14-7-6-8-15-41/h9-12,17-19,23,31,33-34,39,43-45H,6-8,13-16,20-21,24-25H2,1-5H3. The average molecular weight is 713 g/mol. The van der Waals surface area contributed by atoms with Crippen molar-refractivity contribution >= 4 is 32.6 Å². The van der Waals surface area contributed by atoms with Gasteiger partial charge < -0.3 is 29.7 Å². The third-order valence-electron chi connectivity index (χ3n) is 8.78. The zero-order valence-electron chi connectivity index (χ0n) is 29.7. The van der Waals surface area contributed by atoms with Gasteiger partial charge in [-0.25, -0.2) is 17.8 Å². The lowest BCUT2D eigenvalue weighted by Crippen LogP contribution is -2.45. The van der Waals surface area contributed by atoms with Crippen molar-refractivity contribution in [1.82, 2.24) is 19.7 Å². The summed E-state index contributed by atoms with van der Waals surface area (Å²) in [5.41, 5.74) is 0.852. The molecule has 0 spiro atoms. The molecule has 1 aliphatic rings. The number of anilines is 1. The summed E-state index contributed by atoms with van der Waals surface area (Å²) in [6.07, 6.45) is 4.22. The highest BCUT2D eigenvalue weighted by Gasteiger charge is 2.30. The Bertz CT molecular complexity index is 1740. The summed E-state index contributed by atoms with van der Waals surface area (Å²) in [7, 11) is -2.71. The molecule has 3 unspecified atom stereocenters. The van der Waals surface area contributed by atoms with Gasteiger partial charge in [0.15, 0.2) is 4.91 Å². The Balaban J connectivity index is 1.30. The van der Waals surface area contributed by atoms with Gasteiger partial charge in [0.05, 0.1) is 36.7 Å². The summed E-state index contributed by atoms with van der Waals surface area (Å²) in [5, 5.41) is 50.2. The number of hydrogen-bond acceptors (Lipinski definition) is 11. The van der Waals surface area contributed by atoms with Crippen LogP contribution in [0.5, 0.6) is 0 Å². The second-order valence-electron chi connectivity index (χ2n) is 14.4. The van der Waals surface area contributed by atoms with Crippen LogP contribution in [-0.2, 0) is 32.5 Å². The number of nitrogens with zero attached hydrogens (tertiary/aromatic N) is 5. The molecule has 1 saturated heterocycles. The van der Waals surface area contributed by atoms with Crippen molar-refractivity contribution in [3.8, 4) is 6.07 Å². The summed E-state index contributed by atoms with van der Waals surface area (Å²) in [6.45, 7) is 9.65. The predicted molar refractivity (Wildman–Crippen MR) is 193 cm³/mol. The number of methoxy groups -OCH3 is 1. The van der Waals surface area contributed by atoms with E-state index in [2.05, 4.69) is 32.1 Å². The lowest BCUT2D eigenvalue weighted by Gasteiger charge is -2.29. The molecule has 4 rings (SSSR count). The third-order valence-corrected chi connectivity index (χ3v) is 10.4. The van der Waals surface area contributed by atoms with Crippen molar-refractivity contribution in [3.05, 3.63) is 58.8 Å². The van der Waals surface area contributed by atoms with Crippen LogP contribution in [0, 0.1) is 11.3 Å². The van der Waals surface area contributed by atoms with Gasteiger partial charge in [-0.05, 0) is 94.0 Å². The van der Waals surface area contributed by atoms with Crippen molar-refractivity contribution in [3.63, 3.8) is 0 Å². The van der Waals surface area contributed by atoms with Crippen molar-refractivity contribution < 1.29 is 33.2 Å². The first kappa shape index (κ1) is 39.4. The number of aliphatic hydroxyl groups is 3. The fourth-order valence-electron chi connectivity index (χ4n) is 6.07. The largest absolute Gasteiger partial charge is 0.391 e. The van der Waals surface area contributed by atoms with Gasteiger partial charge in [-0.2, -0.15) is 5.26 Å². The molecule has 14 heteroatoms. The van der Waals surface area contributed by atoms with Gasteiger partial charge in [-0.3, -0.25) is 0 Å². The smallest absolute Gasteiger partial charge is 0.251 e. The molecule has 0 radical (unpaired) electrons. The van der Waals surface area contributed by atoms with Gasteiger partial charge in [-0.15, -0.1) is 5.10 Å². The molecule has 0 aliphatic carbocycles. The first-order valence-corrected chi connectivity index (χ1v) is 18.6. The fraction of sp³-hybridized carbons (Fsp3) is 0.583. The van der Waals surface area contributed by atoms with Crippen LogP contribution in [0.2, 0.25) is 0 Å². The molecule has 4 N–H and O–H groups in total. The maximum atomic E-state index is 13.4. The first-order valence-electron chi connectivity index (χ1n) is 17.1. The number of nitrogens with one attached hydrogen (secondary N) is 1. The molecule has 0 bridgehead atoms. The molecule has 0 saturated carbocycles. The number of sulfonamides is 1. The molecule has 1 aliphatic heterocycles. The quantitative estimate of drug-likeness (QED) is 0.142. The van der Waals surface area contributed by atoms with E-state index in [4.69, 9.17) is 9.47 Å². The number of nitriles is 1. The Labute approximate surface area is 295 Å². The number of fused-ring (bicyclic) bond motifs is 1. The molecule has 3 aromatic rings. The van der Waals surface area contributed by atoms with E-state index in [9.17, 15) is 29.0 Å². The molecule has 2 heterocycles. The number of ether oxygens (including phenoxy) is 2.